The first-order chi connectivity index (χ1) is 7.30. The molecule has 0 radical (unpaired) electrons. The van der Waals surface area contributed by atoms with Crippen molar-refractivity contribution in [3.05, 3.63) is 16.1 Å². The lowest BCUT2D eigenvalue weighted by atomic mass is 10.1. The van der Waals surface area contributed by atoms with E-state index >= 15 is 0 Å². The fourth-order valence-corrected chi connectivity index (χ4v) is 2.14. The Morgan fingerprint density at radius 1 is 1.56 bits per heavy atom. The molecular formula is C11H18N2O2S. The monoisotopic (exact) mass is 242 g/mol. The van der Waals surface area contributed by atoms with Crippen LogP contribution in [-0.2, 0) is 11.3 Å². The van der Waals surface area contributed by atoms with Crippen LogP contribution in [0.1, 0.15) is 31.3 Å². The van der Waals surface area contributed by atoms with Crippen molar-refractivity contribution < 1.29 is 9.90 Å². The van der Waals surface area contributed by atoms with Crippen molar-refractivity contribution >= 4 is 17.3 Å². The minimum absolute atomic E-state index is 0.0564. The van der Waals surface area contributed by atoms with Gasteiger partial charge in [-0.05, 0) is 27.7 Å². The number of carbonyl (C=O) groups is 1. The van der Waals surface area contributed by atoms with Crippen molar-refractivity contribution in [3.63, 3.8) is 0 Å². The van der Waals surface area contributed by atoms with Crippen molar-refractivity contribution in [2.75, 3.05) is 6.54 Å². The van der Waals surface area contributed by atoms with Crippen molar-refractivity contribution in [3.8, 4) is 0 Å². The first-order valence-electron chi connectivity index (χ1n) is 5.16. The van der Waals surface area contributed by atoms with Crippen molar-refractivity contribution in [2.45, 2.75) is 39.8 Å². The SMILES string of the molecule is Cc1ncsc1CN(CC(=O)O)C(C)(C)C. The van der Waals surface area contributed by atoms with Crippen molar-refractivity contribution in [2.24, 2.45) is 0 Å². The van der Waals surface area contributed by atoms with Crippen LogP contribution in [-0.4, -0.2) is 33.0 Å². The van der Waals surface area contributed by atoms with Gasteiger partial charge in [0, 0.05) is 17.0 Å². The number of carboxylic acids is 1. The summed E-state index contributed by atoms with van der Waals surface area (Å²) in [4.78, 5) is 18.1. The number of aromatic nitrogens is 1. The van der Waals surface area contributed by atoms with Gasteiger partial charge in [-0.15, -0.1) is 11.3 Å². The van der Waals surface area contributed by atoms with E-state index in [0.717, 1.165) is 10.6 Å². The van der Waals surface area contributed by atoms with Crippen LogP contribution in [0.3, 0.4) is 0 Å². The molecule has 0 amide bonds. The van der Waals surface area contributed by atoms with Gasteiger partial charge in [0.05, 0.1) is 17.7 Å². The maximum absolute atomic E-state index is 10.8. The molecule has 0 fully saturated rings. The standard InChI is InChI=1S/C11H18N2O2S/c1-8-9(16-7-12-8)5-13(6-10(14)15)11(2,3)4/h7H,5-6H2,1-4H3,(H,14,15). The largest absolute Gasteiger partial charge is 0.480 e. The van der Waals surface area contributed by atoms with Crippen LogP contribution >= 0.6 is 11.3 Å². The first-order valence-corrected chi connectivity index (χ1v) is 6.04. The third-order valence-corrected chi connectivity index (χ3v) is 3.37. The summed E-state index contributed by atoms with van der Waals surface area (Å²) < 4.78 is 0. The normalized spacial score (nSPS) is 12.1. The van der Waals surface area contributed by atoms with Crippen LogP contribution in [0, 0.1) is 6.92 Å². The van der Waals surface area contributed by atoms with Crippen molar-refractivity contribution in [1.82, 2.24) is 9.88 Å². The molecule has 4 nitrogen and oxygen atoms in total. The molecule has 1 rings (SSSR count). The molecule has 0 aromatic carbocycles. The number of nitrogens with zero attached hydrogens (tertiary/aromatic N) is 2. The lowest BCUT2D eigenvalue weighted by Crippen LogP contribution is -2.43. The van der Waals surface area contributed by atoms with Crippen LogP contribution < -0.4 is 0 Å². The van der Waals surface area contributed by atoms with E-state index in [-0.39, 0.29) is 12.1 Å². The quantitative estimate of drug-likeness (QED) is 0.879. The Kier molecular flexibility index (Phi) is 4.04. The summed E-state index contributed by atoms with van der Waals surface area (Å²) in [7, 11) is 0. The summed E-state index contributed by atoms with van der Waals surface area (Å²) in [5.41, 5.74) is 2.63. The Bertz CT molecular complexity index is 368. The first kappa shape index (κ1) is 13.1. The van der Waals surface area contributed by atoms with Crippen LogP contribution in [0.25, 0.3) is 0 Å². The highest BCUT2D eigenvalue weighted by Gasteiger charge is 2.24. The molecule has 0 saturated carbocycles. The Morgan fingerprint density at radius 2 is 2.19 bits per heavy atom. The molecule has 0 unspecified atom stereocenters. The van der Waals surface area contributed by atoms with Gasteiger partial charge < -0.3 is 5.11 Å². The maximum atomic E-state index is 10.8. The van der Waals surface area contributed by atoms with Crippen LogP contribution in [0.15, 0.2) is 5.51 Å². The average Bonchev–Trinajstić information content (AvgIpc) is 2.48. The van der Waals surface area contributed by atoms with Gasteiger partial charge in [-0.3, -0.25) is 9.69 Å². The predicted molar refractivity (Wildman–Crippen MR) is 64.6 cm³/mol. The number of aliphatic carboxylic acids is 1. The molecule has 0 aliphatic rings. The molecule has 0 spiro atoms. The van der Waals surface area contributed by atoms with Crippen LogP contribution in [0.4, 0.5) is 0 Å². The summed E-state index contributed by atoms with van der Waals surface area (Å²) >= 11 is 1.58. The Balaban J connectivity index is 2.79. The minimum atomic E-state index is -0.794. The van der Waals surface area contributed by atoms with Gasteiger partial charge in [-0.25, -0.2) is 4.98 Å². The molecule has 16 heavy (non-hydrogen) atoms. The van der Waals surface area contributed by atoms with Gasteiger partial charge in [-0.1, -0.05) is 0 Å². The van der Waals surface area contributed by atoms with Crippen molar-refractivity contribution in [1.29, 1.82) is 0 Å². The summed E-state index contributed by atoms with van der Waals surface area (Å²) in [6.07, 6.45) is 0. The second-order valence-electron chi connectivity index (χ2n) is 4.78. The van der Waals surface area contributed by atoms with Gasteiger partial charge in [0.2, 0.25) is 0 Å². The van der Waals surface area contributed by atoms with Gasteiger partial charge in [0.1, 0.15) is 0 Å². The molecule has 90 valence electrons. The van der Waals surface area contributed by atoms with Gasteiger partial charge in [0.25, 0.3) is 0 Å². The zero-order chi connectivity index (χ0) is 12.3. The molecule has 0 saturated heterocycles. The Morgan fingerprint density at radius 3 is 2.56 bits per heavy atom. The molecule has 1 aromatic heterocycles. The van der Waals surface area contributed by atoms with E-state index in [9.17, 15) is 4.79 Å². The number of aryl methyl sites for hydroxylation is 1. The topological polar surface area (TPSA) is 53.4 Å². The Labute approximate surface area is 99.9 Å². The van der Waals surface area contributed by atoms with E-state index in [2.05, 4.69) is 4.98 Å². The molecule has 1 N–H and O–H groups in total. The summed E-state index contributed by atoms with van der Waals surface area (Å²) in [6, 6.07) is 0. The number of thiazole rings is 1. The predicted octanol–water partition coefficient (Wildman–Crippen LogP) is 2.14. The third kappa shape index (κ3) is 3.57. The molecule has 0 aliphatic heterocycles. The second kappa shape index (κ2) is 4.93. The van der Waals surface area contributed by atoms with Gasteiger partial charge >= 0.3 is 5.97 Å². The van der Waals surface area contributed by atoms with E-state index in [0.29, 0.717) is 6.54 Å². The lowest BCUT2D eigenvalue weighted by molar-refractivity contribution is -0.139. The lowest BCUT2D eigenvalue weighted by Gasteiger charge is -2.34. The fraction of sp³-hybridized carbons (Fsp3) is 0.636. The fourth-order valence-electron chi connectivity index (χ4n) is 1.34. The second-order valence-corrected chi connectivity index (χ2v) is 5.72. The van der Waals surface area contributed by atoms with E-state index in [1.54, 1.807) is 16.8 Å². The summed E-state index contributed by atoms with van der Waals surface area (Å²) in [5, 5.41) is 8.89. The highest BCUT2D eigenvalue weighted by Crippen LogP contribution is 2.21. The van der Waals surface area contributed by atoms with Gasteiger partial charge in [0.15, 0.2) is 0 Å². The molecular weight excluding hydrogens is 224 g/mol. The highest BCUT2D eigenvalue weighted by molar-refractivity contribution is 7.09. The van der Waals surface area contributed by atoms with E-state index in [1.165, 1.54) is 0 Å². The molecule has 1 aromatic rings. The number of carboxylic acid groups (broad SMARTS) is 1. The number of rotatable bonds is 4. The zero-order valence-electron chi connectivity index (χ0n) is 10.1. The summed E-state index contributed by atoms with van der Waals surface area (Å²) in [6.45, 7) is 8.71. The molecule has 0 aliphatic carbocycles. The summed E-state index contributed by atoms with van der Waals surface area (Å²) in [5.74, 6) is -0.794. The third-order valence-electron chi connectivity index (χ3n) is 2.45. The zero-order valence-corrected chi connectivity index (χ0v) is 11.0. The number of hydrogen-bond acceptors (Lipinski definition) is 4. The van der Waals surface area contributed by atoms with Crippen LogP contribution in [0.5, 0.6) is 0 Å². The number of hydrogen-bond donors (Lipinski definition) is 1. The maximum Gasteiger partial charge on any atom is 0.317 e. The minimum Gasteiger partial charge on any atom is -0.480 e. The van der Waals surface area contributed by atoms with E-state index in [1.807, 2.05) is 32.6 Å². The molecule has 5 heteroatoms. The van der Waals surface area contributed by atoms with E-state index < -0.39 is 5.97 Å². The van der Waals surface area contributed by atoms with Crippen LogP contribution in [0.2, 0.25) is 0 Å². The average molecular weight is 242 g/mol. The molecule has 0 bridgehead atoms. The smallest absolute Gasteiger partial charge is 0.317 e. The van der Waals surface area contributed by atoms with Gasteiger partial charge in [-0.2, -0.15) is 0 Å². The van der Waals surface area contributed by atoms with E-state index in [4.69, 9.17) is 5.11 Å². The highest BCUT2D eigenvalue weighted by atomic mass is 32.1. The molecule has 0 atom stereocenters. The Hall–Kier alpha value is -0.940. The molecule has 1 heterocycles.